The lowest BCUT2D eigenvalue weighted by molar-refractivity contribution is -0.138. The lowest BCUT2D eigenvalue weighted by atomic mass is 10.0. The van der Waals surface area contributed by atoms with E-state index in [0.29, 0.717) is 26.3 Å². The highest BCUT2D eigenvalue weighted by atomic mass is 16.5. The summed E-state index contributed by atoms with van der Waals surface area (Å²) in [6.45, 7) is 6.19. The third kappa shape index (κ3) is 12.3. The Labute approximate surface area is 311 Å². The highest BCUT2D eigenvalue weighted by molar-refractivity contribution is 5.98. The molecule has 0 aromatic heterocycles. The van der Waals surface area contributed by atoms with E-state index in [4.69, 9.17) is 18.9 Å². The average molecular weight is 713 g/mol. The number of nitriles is 2. The van der Waals surface area contributed by atoms with E-state index in [1.54, 1.807) is 13.8 Å². The summed E-state index contributed by atoms with van der Waals surface area (Å²) in [5.41, 5.74) is 5.75. The summed E-state index contributed by atoms with van der Waals surface area (Å²) in [4.78, 5) is 27.9. The number of hydrogen-bond acceptors (Lipinski definition) is 10. The molecule has 0 radical (unpaired) electrons. The van der Waals surface area contributed by atoms with Gasteiger partial charge in [0.25, 0.3) is 0 Å². The molecule has 10 nitrogen and oxygen atoms in total. The first-order valence-electron chi connectivity index (χ1n) is 17.4. The minimum absolute atomic E-state index is 0.0325. The van der Waals surface area contributed by atoms with Crippen molar-refractivity contribution in [1.29, 1.82) is 10.5 Å². The van der Waals surface area contributed by atoms with Crippen LogP contribution in [0.25, 0.3) is 12.2 Å². The molecule has 4 aromatic carbocycles. The molecule has 0 aliphatic heterocycles. The highest BCUT2D eigenvalue weighted by Gasteiger charge is 2.11. The number of anilines is 2. The van der Waals surface area contributed by atoms with Crippen LogP contribution in [0.2, 0.25) is 0 Å². The number of hydrogen-bond donors (Lipinski definition) is 0. The molecule has 272 valence electrons. The fourth-order valence-electron chi connectivity index (χ4n) is 5.18. The van der Waals surface area contributed by atoms with E-state index in [1.165, 1.54) is 23.3 Å². The van der Waals surface area contributed by atoms with Crippen LogP contribution in [0.15, 0.2) is 108 Å². The normalized spacial score (nSPS) is 11.1. The van der Waals surface area contributed by atoms with E-state index >= 15 is 0 Å². The first kappa shape index (κ1) is 39.3. The molecule has 0 N–H and O–H groups in total. The van der Waals surface area contributed by atoms with Crippen molar-refractivity contribution in [2.24, 2.45) is 0 Å². The predicted octanol–water partition coefficient (Wildman–Crippen LogP) is 7.25. The van der Waals surface area contributed by atoms with Gasteiger partial charge in [0.2, 0.25) is 0 Å². The van der Waals surface area contributed by atoms with Gasteiger partial charge in [0.1, 0.15) is 48.0 Å². The summed E-state index contributed by atoms with van der Waals surface area (Å²) in [5, 5.41) is 18.5. The molecule has 0 atom stereocenters. The molecular formula is C43H44N4O6. The second-order valence-corrected chi connectivity index (χ2v) is 12.0. The largest absolute Gasteiger partial charge is 0.492 e. The maximum Gasteiger partial charge on any atom is 0.348 e. The molecule has 0 fully saturated rings. The number of rotatable bonds is 18. The van der Waals surface area contributed by atoms with E-state index in [-0.39, 0.29) is 24.4 Å². The zero-order chi connectivity index (χ0) is 38.0. The molecule has 0 bridgehead atoms. The van der Waals surface area contributed by atoms with Crippen LogP contribution in [-0.4, -0.2) is 65.6 Å². The van der Waals surface area contributed by atoms with Crippen molar-refractivity contribution in [3.05, 3.63) is 130 Å². The smallest absolute Gasteiger partial charge is 0.348 e. The number of esters is 2. The van der Waals surface area contributed by atoms with Crippen LogP contribution in [-0.2, 0) is 25.5 Å². The van der Waals surface area contributed by atoms with Crippen molar-refractivity contribution in [2.45, 2.75) is 20.3 Å². The van der Waals surface area contributed by atoms with Crippen LogP contribution >= 0.6 is 0 Å². The maximum atomic E-state index is 11.9. The Kier molecular flexibility index (Phi) is 15.1. The van der Waals surface area contributed by atoms with Gasteiger partial charge >= 0.3 is 11.9 Å². The van der Waals surface area contributed by atoms with Crippen LogP contribution in [0.3, 0.4) is 0 Å². The highest BCUT2D eigenvalue weighted by Crippen LogP contribution is 2.21. The first-order valence-corrected chi connectivity index (χ1v) is 17.4. The fraction of sp³-hybridized carbons (Fsp3) is 0.256. The molecule has 0 saturated heterocycles. The maximum absolute atomic E-state index is 11.9. The third-order valence-electron chi connectivity index (χ3n) is 8.17. The zero-order valence-electron chi connectivity index (χ0n) is 30.6. The van der Waals surface area contributed by atoms with Crippen LogP contribution < -0.4 is 19.3 Å². The summed E-state index contributed by atoms with van der Waals surface area (Å²) in [5.74, 6) is 0.354. The average Bonchev–Trinajstić information content (AvgIpc) is 3.17. The predicted molar refractivity (Wildman–Crippen MR) is 207 cm³/mol. The Bertz CT molecular complexity index is 1800. The van der Waals surface area contributed by atoms with Crippen molar-refractivity contribution < 1.29 is 28.5 Å². The van der Waals surface area contributed by atoms with Gasteiger partial charge in [-0.25, -0.2) is 9.59 Å². The number of carbonyl (C=O) groups is 2. The lowest BCUT2D eigenvalue weighted by Crippen LogP contribution is -2.23. The van der Waals surface area contributed by atoms with Crippen molar-refractivity contribution in [1.82, 2.24) is 0 Å². The number of likely N-dealkylation sites (N-methyl/N-ethyl adjacent to an activating group) is 2. The van der Waals surface area contributed by atoms with Crippen LogP contribution in [0, 0.1) is 22.7 Å². The van der Waals surface area contributed by atoms with Gasteiger partial charge in [0.05, 0.1) is 26.3 Å². The monoisotopic (exact) mass is 712 g/mol. The molecule has 53 heavy (non-hydrogen) atoms. The first-order chi connectivity index (χ1) is 25.7. The van der Waals surface area contributed by atoms with Gasteiger partial charge in [0.15, 0.2) is 0 Å². The summed E-state index contributed by atoms with van der Waals surface area (Å²) in [7, 11) is 3.96. The molecule has 4 rings (SSSR count). The van der Waals surface area contributed by atoms with Crippen LogP contribution in [0.1, 0.15) is 36.1 Å². The van der Waals surface area contributed by atoms with Gasteiger partial charge in [-0.1, -0.05) is 48.5 Å². The zero-order valence-corrected chi connectivity index (χ0v) is 30.6. The summed E-state index contributed by atoms with van der Waals surface area (Å²) in [6.07, 6.45) is 3.83. The van der Waals surface area contributed by atoms with Crippen molar-refractivity contribution in [3.63, 3.8) is 0 Å². The van der Waals surface area contributed by atoms with E-state index in [2.05, 4.69) is 34.1 Å². The molecule has 0 amide bonds. The third-order valence-corrected chi connectivity index (χ3v) is 8.17. The minimum Gasteiger partial charge on any atom is -0.492 e. The van der Waals surface area contributed by atoms with Gasteiger partial charge < -0.3 is 28.7 Å². The number of carbonyl (C=O) groups excluding carboxylic acids is 2. The van der Waals surface area contributed by atoms with Gasteiger partial charge in [-0.05, 0) is 103 Å². The van der Waals surface area contributed by atoms with E-state index in [9.17, 15) is 20.1 Å². The van der Waals surface area contributed by atoms with Gasteiger partial charge in [-0.2, -0.15) is 10.5 Å². The quantitative estimate of drug-likeness (QED) is 0.0592. The number of benzene rings is 4. The molecule has 0 saturated carbocycles. The second-order valence-electron chi connectivity index (χ2n) is 12.0. The minimum atomic E-state index is -0.623. The molecular weight excluding hydrogens is 668 g/mol. The summed E-state index contributed by atoms with van der Waals surface area (Å²) < 4.78 is 21.8. The van der Waals surface area contributed by atoms with E-state index in [1.807, 2.05) is 99.0 Å². The molecule has 10 heteroatoms. The van der Waals surface area contributed by atoms with Crippen molar-refractivity contribution in [3.8, 4) is 23.6 Å². The van der Waals surface area contributed by atoms with Gasteiger partial charge in [0, 0.05) is 25.5 Å². The van der Waals surface area contributed by atoms with Gasteiger partial charge in [-0.15, -0.1) is 0 Å². The Hall–Kier alpha value is -6.52. The molecule has 4 aromatic rings. The van der Waals surface area contributed by atoms with Crippen molar-refractivity contribution in [2.75, 3.05) is 63.4 Å². The Morgan fingerprint density at radius 2 is 0.943 bits per heavy atom. The van der Waals surface area contributed by atoms with E-state index < -0.39 is 11.9 Å². The lowest BCUT2D eigenvalue weighted by Gasteiger charge is -2.20. The SMILES string of the molecule is CCOC(=O)C(C#N)=Cc1ccc(N(C)CCOc2ccc(Cc3ccc(OCCN(C)c4ccc(C=C(C#N)C(=O)OCC)cc4)cc3)cc2)cc1. The van der Waals surface area contributed by atoms with Crippen molar-refractivity contribution >= 4 is 35.5 Å². The molecule has 0 heterocycles. The fourth-order valence-corrected chi connectivity index (χ4v) is 5.18. The second kappa shape index (κ2) is 20.4. The summed E-state index contributed by atoms with van der Waals surface area (Å²) in [6, 6.07) is 35.2. The topological polar surface area (TPSA) is 125 Å². The Morgan fingerprint density at radius 3 is 1.26 bits per heavy atom. The number of nitrogens with zero attached hydrogens (tertiary/aromatic N) is 4. The van der Waals surface area contributed by atoms with Crippen LogP contribution in [0.4, 0.5) is 11.4 Å². The van der Waals surface area contributed by atoms with E-state index in [0.717, 1.165) is 40.4 Å². The van der Waals surface area contributed by atoms with Crippen LogP contribution in [0.5, 0.6) is 11.5 Å². The number of ether oxygens (including phenoxy) is 4. The Balaban J connectivity index is 1.17. The van der Waals surface area contributed by atoms with Gasteiger partial charge in [-0.3, -0.25) is 0 Å². The standard InChI is InChI=1S/C43H44N4O6/c1-5-50-42(48)36(30-44)28-34-7-15-38(16-8-34)46(3)23-25-52-40-19-11-32(12-20-40)27-33-13-21-41(22-14-33)53-26-24-47(4)39-17-9-35(10-18-39)29-37(31-45)43(49)51-6-2/h7-22,28-29H,5-6,23-27H2,1-4H3. The Morgan fingerprint density at radius 1 is 0.585 bits per heavy atom. The molecule has 0 aliphatic rings. The molecule has 0 aliphatic carbocycles. The molecule has 0 unspecified atom stereocenters. The summed E-state index contributed by atoms with van der Waals surface area (Å²) >= 11 is 0. The molecule has 0 spiro atoms.